The number of nitro benzene ring substituents is 1. The Morgan fingerprint density at radius 3 is 2.48 bits per heavy atom. The van der Waals surface area contributed by atoms with Crippen LogP contribution in [-0.4, -0.2) is 27.7 Å². The third-order valence-electron chi connectivity index (χ3n) is 3.91. The van der Waals surface area contributed by atoms with Crippen LogP contribution < -0.4 is 14.8 Å². The van der Waals surface area contributed by atoms with Crippen molar-refractivity contribution < 1.29 is 19.2 Å². The zero-order chi connectivity index (χ0) is 21.0. The summed E-state index contributed by atoms with van der Waals surface area (Å²) in [6.07, 6.45) is 1.68. The molecule has 0 spiro atoms. The molecule has 0 atom stereocenters. The summed E-state index contributed by atoms with van der Waals surface area (Å²) in [6, 6.07) is 10.8. The number of rotatable bonds is 7. The van der Waals surface area contributed by atoms with Crippen LogP contribution in [0.1, 0.15) is 17.4 Å². The van der Waals surface area contributed by atoms with Crippen LogP contribution in [-0.2, 0) is 6.54 Å². The molecule has 0 unspecified atom stereocenters. The average molecular weight is 461 g/mol. The molecule has 3 rings (SSSR count). The highest BCUT2D eigenvalue weighted by Gasteiger charge is 2.18. The maximum Gasteiger partial charge on any atom is 0.277 e. The standard InChI is InChI=1S/C19H17BrN4O5/c1-3-23-11-17(20)18(22-23)19(25)21-12-8-13(24(26)27)10-16(9-12)29-15-6-4-14(28-2)5-7-15/h4-11H,3H2,1-2H3,(H,21,25). The third kappa shape index (κ3) is 4.91. The van der Waals surface area contributed by atoms with Gasteiger partial charge in [-0.15, -0.1) is 0 Å². The molecule has 0 aliphatic rings. The van der Waals surface area contributed by atoms with Gasteiger partial charge in [0.05, 0.1) is 28.3 Å². The lowest BCUT2D eigenvalue weighted by atomic mass is 10.2. The van der Waals surface area contributed by atoms with Crippen molar-refractivity contribution in [3.8, 4) is 17.2 Å². The van der Waals surface area contributed by atoms with E-state index in [0.29, 0.717) is 22.5 Å². The van der Waals surface area contributed by atoms with E-state index in [9.17, 15) is 14.9 Å². The summed E-state index contributed by atoms with van der Waals surface area (Å²) >= 11 is 3.29. The van der Waals surface area contributed by atoms with E-state index in [1.165, 1.54) is 18.2 Å². The molecule has 3 aromatic rings. The van der Waals surface area contributed by atoms with Crippen molar-refractivity contribution in [2.24, 2.45) is 0 Å². The Hall–Kier alpha value is -3.40. The van der Waals surface area contributed by atoms with E-state index in [2.05, 4.69) is 26.3 Å². The van der Waals surface area contributed by atoms with Crippen LogP contribution in [0.4, 0.5) is 11.4 Å². The number of hydrogen-bond acceptors (Lipinski definition) is 6. The molecule has 0 bridgehead atoms. The van der Waals surface area contributed by atoms with Gasteiger partial charge in [-0.25, -0.2) is 0 Å². The van der Waals surface area contributed by atoms with Crippen LogP contribution >= 0.6 is 15.9 Å². The molecule has 0 saturated heterocycles. The number of nitro groups is 1. The molecule has 0 saturated carbocycles. The summed E-state index contributed by atoms with van der Waals surface area (Å²) in [5, 5.41) is 18.1. The number of ether oxygens (including phenoxy) is 2. The van der Waals surface area contributed by atoms with E-state index < -0.39 is 10.8 Å². The molecule has 1 N–H and O–H groups in total. The largest absolute Gasteiger partial charge is 0.497 e. The zero-order valence-electron chi connectivity index (χ0n) is 15.6. The number of nitrogens with zero attached hydrogens (tertiary/aromatic N) is 3. The number of anilines is 1. The van der Waals surface area contributed by atoms with E-state index in [-0.39, 0.29) is 22.8 Å². The highest BCUT2D eigenvalue weighted by molar-refractivity contribution is 9.10. The summed E-state index contributed by atoms with van der Waals surface area (Å²) in [4.78, 5) is 23.3. The second-order valence-corrected chi connectivity index (χ2v) is 6.74. The number of non-ortho nitro benzene ring substituents is 1. The van der Waals surface area contributed by atoms with E-state index in [1.54, 1.807) is 42.3 Å². The normalized spacial score (nSPS) is 10.4. The van der Waals surface area contributed by atoms with Gasteiger partial charge in [0.25, 0.3) is 11.6 Å². The number of carbonyl (C=O) groups is 1. The van der Waals surface area contributed by atoms with Crippen LogP contribution in [0.25, 0.3) is 0 Å². The third-order valence-corrected chi connectivity index (χ3v) is 4.49. The van der Waals surface area contributed by atoms with Crippen molar-refractivity contribution in [1.29, 1.82) is 0 Å². The average Bonchev–Trinajstić information content (AvgIpc) is 3.09. The Balaban J connectivity index is 1.86. The quantitative estimate of drug-likeness (QED) is 0.406. The molecule has 0 aliphatic carbocycles. The molecule has 29 heavy (non-hydrogen) atoms. The van der Waals surface area contributed by atoms with Crippen LogP contribution in [0, 0.1) is 10.1 Å². The first-order valence-electron chi connectivity index (χ1n) is 8.55. The van der Waals surface area contributed by atoms with Crippen molar-refractivity contribution in [2.45, 2.75) is 13.5 Å². The first-order valence-corrected chi connectivity index (χ1v) is 9.34. The van der Waals surface area contributed by atoms with E-state index in [4.69, 9.17) is 9.47 Å². The van der Waals surface area contributed by atoms with Crippen LogP contribution in [0.3, 0.4) is 0 Å². The van der Waals surface area contributed by atoms with Crippen molar-refractivity contribution in [3.63, 3.8) is 0 Å². The van der Waals surface area contributed by atoms with Gasteiger partial charge in [0.15, 0.2) is 5.69 Å². The zero-order valence-corrected chi connectivity index (χ0v) is 17.2. The van der Waals surface area contributed by atoms with Gasteiger partial charge >= 0.3 is 0 Å². The lowest BCUT2D eigenvalue weighted by molar-refractivity contribution is -0.384. The molecule has 10 heteroatoms. The molecule has 9 nitrogen and oxygen atoms in total. The Kier molecular flexibility index (Phi) is 6.13. The molecule has 1 aromatic heterocycles. The summed E-state index contributed by atoms with van der Waals surface area (Å²) in [5.74, 6) is 0.826. The molecule has 150 valence electrons. The monoisotopic (exact) mass is 460 g/mol. The van der Waals surface area contributed by atoms with Crippen molar-refractivity contribution >= 4 is 33.2 Å². The Bertz CT molecular complexity index is 1050. The number of hydrogen-bond donors (Lipinski definition) is 1. The van der Waals surface area contributed by atoms with E-state index >= 15 is 0 Å². The summed E-state index contributed by atoms with van der Waals surface area (Å²) in [6.45, 7) is 2.49. The molecule has 1 amide bonds. The highest BCUT2D eigenvalue weighted by Crippen LogP contribution is 2.31. The number of aromatic nitrogens is 2. The first-order chi connectivity index (χ1) is 13.9. The van der Waals surface area contributed by atoms with Gasteiger partial charge < -0.3 is 14.8 Å². The number of methoxy groups -OCH3 is 1. The van der Waals surface area contributed by atoms with Gasteiger partial charge in [-0.1, -0.05) is 0 Å². The maximum atomic E-state index is 12.5. The molecule has 0 fully saturated rings. The van der Waals surface area contributed by atoms with Gasteiger partial charge in [0.1, 0.15) is 17.2 Å². The highest BCUT2D eigenvalue weighted by atomic mass is 79.9. The SMILES string of the molecule is CCn1cc(Br)c(C(=O)Nc2cc(Oc3ccc(OC)cc3)cc([N+](=O)[O-])c2)n1. The van der Waals surface area contributed by atoms with Crippen LogP contribution in [0.5, 0.6) is 17.2 Å². The van der Waals surface area contributed by atoms with Crippen LogP contribution in [0.15, 0.2) is 53.1 Å². The minimum Gasteiger partial charge on any atom is -0.497 e. The first kappa shape index (κ1) is 20.3. The molecule has 1 heterocycles. The lowest BCUT2D eigenvalue weighted by Crippen LogP contribution is -2.14. The van der Waals surface area contributed by atoms with Gasteiger partial charge in [-0.3, -0.25) is 19.6 Å². The molecule has 0 radical (unpaired) electrons. The Morgan fingerprint density at radius 2 is 1.90 bits per heavy atom. The minimum atomic E-state index is -0.557. The second kappa shape index (κ2) is 8.74. The number of carbonyl (C=O) groups excluding carboxylic acids is 1. The number of aryl methyl sites for hydroxylation is 1. The Morgan fingerprint density at radius 1 is 1.21 bits per heavy atom. The number of amides is 1. The van der Waals surface area contributed by atoms with Crippen molar-refractivity contribution in [3.05, 3.63) is 68.9 Å². The maximum absolute atomic E-state index is 12.5. The fraction of sp³-hybridized carbons (Fsp3) is 0.158. The van der Waals surface area contributed by atoms with E-state index in [1.807, 2.05) is 6.92 Å². The van der Waals surface area contributed by atoms with Crippen molar-refractivity contribution in [2.75, 3.05) is 12.4 Å². The minimum absolute atomic E-state index is 0.177. The second-order valence-electron chi connectivity index (χ2n) is 5.89. The summed E-state index contributed by atoms with van der Waals surface area (Å²) in [7, 11) is 1.55. The molecular weight excluding hydrogens is 444 g/mol. The predicted molar refractivity (Wildman–Crippen MR) is 110 cm³/mol. The Labute approximate surface area is 174 Å². The fourth-order valence-electron chi connectivity index (χ4n) is 2.50. The number of benzene rings is 2. The molecular formula is C19H17BrN4O5. The topological polar surface area (TPSA) is 109 Å². The predicted octanol–water partition coefficient (Wildman–Crippen LogP) is 4.63. The smallest absolute Gasteiger partial charge is 0.277 e. The van der Waals surface area contributed by atoms with Gasteiger partial charge in [-0.05, 0) is 47.1 Å². The van der Waals surface area contributed by atoms with Crippen LogP contribution in [0.2, 0.25) is 0 Å². The lowest BCUT2D eigenvalue weighted by Gasteiger charge is -2.09. The molecule has 0 aliphatic heterocycles. The van der Waals surface area contributed by atoms with Gasteiger partial charge in [0.2, 0.25) is 0 Å². The molecule has 2 aromatic carbocycles. The summed E-state index contributed by atoms with van der Waals surface area (Å²) < 4.78 is 12.9. The van der Waals surface area contributed by atoms with Gasteiger partial charge in [0, 0.05) is 24.9 Å². The number of nitrogens with one attached hydrogen (secondary N) is 1. The fourth-order valence-corrected chi connectivity index (χ4v) is 3.00. The summed E-state index contributed by atoms with van der Waals surface area (Å²) in [5.41, 5.74) is 0.172. The number of halogens is 1. The van der Waals surface area contributed by atoms with E-state index in [0.717, 1.165) is 0 Å². The van der Waals surface area contributed by atoms with Gasteiger partial charge in [-0.2, -0.15) is 5.10 Å². The van der Waals surface area contributed by atoms with Crippen molar-refractivity contribution in [1.82, 2.24) is 9.78 Å².